The van der Waals surface area contributed by atoms with Gasteiger partial charge in [0.05, 0.1) is 6.61 Å². The first-order valence-electron chi connectivity index (χ1n) is 4.73. The average Bonchev–Trinajstić information content (AvgIpc) is 2.71. The van der Waals surface area contributed by atoms with Gasteiger partial charge in [-0.05, 0) is 19.1 Å². The summed E-state index contributed by atoms with van der Waals surface area (Å²) in [5.41, 5.74) is 3.07. The minimum Gasteiger partial charge on any atom is -0.478 e. The van der Waals surface area contributed by atoms with Crippen LogP contribution in [0.15, 0.2) is 36.9 Å². The van der Waals surface area contributed by atoms with Crippen molar-refractivity contribution in [3.05, 3.63) is 36.9 Å². The Bertz CT molecular complexity index is 413. The molecule has 5 nitrogen and oxygen atoms in total. The lowest BCUT2D eigenvalue weighted by molar-refractivity contribution is 0.326. The third-order valence-electron chi connectivity index (χ3n) is 1.78. The van der Waals surface area contributed by atoms with E-state index in [-0.39, 0.29) is 0 Å². The molecule has 0 radical (unpaired) electrons. The molecule has 2 rings (SSSR count). The van der Waals surface area contributed by atoms with Crippen LogP contribution < -0.4 is 10.2 Å². The maximum absolute atomic E-state index is 5.27. The second kappa shape index (κ2) is 4.45. The van der Waals surface area contributed by atoms with Gasteiger partial charge in [-0.3, -0.25) is 10.1 Å². The molecule has 1 N–H and O–H groups in total. The monoisotopic (exact) mass is 204 g/mol. The molecule has 0 unspecified atom stereocenters. The van der Waals surface area contributed by atoms with Crippen molar-refractivity contribution in [2.75, 3.05) is 12.0 Å². The number of hydrogen-bond donors (Lipinski definition) is 1. The molecule has 2 heterocycles. The van der Waals surface area contributed by atoms with Crippen LogP contribution in [0, 0.1) is 0 Å². The van der Waals surface area contributed by atoms with Crippen LogP contribution >= 0.6 is 0 Å². The summed E-state index contributed by atoms with van der Waals surface area (Å²) in [7, 11) is 0. The lowest BCUT2D eigenvalue weighted by atomic mass is 10.6. The molecule has 15 heavy (non-hydrogen) atoms. The van der Waals surface area contributed by atoms with Gasteiger partial charge in [-0.2, -0.15) is 0 Å². The normalized spacial score (nSPS) is 9.93. The molecule has 78 valence electrons. The summed E-state index contributed by atoms with van der Waals surface area (Å²) >= 11 is 0. The van der Waals surface area contributed by atoms with Crippen molar-refractivity contribution in [1.82, 2.24) is 14.6 Å². The van der Waals surface area contributed by atoms with E-state index in [1.807, 2.05) is 31.5 Å². The van der Waals surface area contributed by atoms with Crippen molar-refractivity contribution < 1.29 is 4.74 Å². The summed E-state index contributed by atoms with van der Waals surface area (Å²) in [4.78, 5) is 8.05. The van der Waals surface area contributed by atoms with Crippen molar-refractivity contribution in [2.45, 2.75) is 6.92 Å². The highest BCUT2D eigenvalue weighted by Gasteiger charge is 1.98. The van der Waals surface area contributed by atoms with Gasteiger partial charge in [0.1, 0.15) is 6.33 Å². The van der Waals surface area contributed by atoms with Crippen molar-refractivity contribution in [3.63, 3.8) is 0 Å². The molecular weight excluding hydrogens is 192 g/mol. The number of anilines is 1. The molecule has 0 bridgehead atoms. The van der Waals surface area contributed by atoms with Crippen LogP contribution in [0.25, 0.3) is 0 Å². The molecule has 0 amide bonds. The van der Waals surface area contributed by atoms with E-state index in [4.69, 9.17) is 4.74 Å². The first kappa shape index (κ1) is 9.51. The number of aromatic nitrogens is 3. The molecule has 0 aliphatic rings. The SMILES string of the molecule is CCOc1cc(Nn2cccc2)ncn1. The largest absolute Gasteiger partial charge is 0.478 e. The van der Waals surface area contributed by atoms with Crippen molar-refractivity contribution in [3.8, 4) is 5.88 Å². The van der Waals surface area contributed by atoms with Crippen molar-refractivity contribution in [2.24, 2.45) is 0 Å². The predicted molar refractivity (Wildman–Crippen MR) is 56.7 cm³/mol. The fourth-order valence-electron chi connectivity index (χ4n) is 1.17. The zero-order chi connectivity index (χ0) is 10.5. The molecule has 0 aliphatic carbocycles. The summed E-state index contributed by atoms with van der Waals surface area (Å²) in [5, 5.41) is 0. The number of nitrogens with one attached hydrogen (secondary N) is 1. The number of nitrogens with zero attached hydrogens (tertiary/aromatic N) is 3. The minimum absolute atomic E-state index is 0.571. The van der Waals surface area contributed by atoms with E-state index in [1.54, 1.807) is 10.7 Å². The van der Waals surface area contributed by atoms with Gasteiger partial charge in [0, 0.05) is 18.5 Å². The van der Waals surface area contributed by atoms with Gasteiger partial charge in [-0.25, -0.2) is 9.97 Å². The second-order valence-electron chi connectivity index (χ2n) is 2.88. The highest BCUT2D eigenvalue weighted by atomic mass is 16.5. The summed E-state index contributed by atoms with van der Waals surface area (Å²) in [6, 6.07) is 5.61. The fraction of sp³-hybridized carbons (Fsp3) is 0.200. The van der Waals surface area contributed by atoms with Crippen LogP contribution in [0.5, 0.6) is 5.88 Å². The third kappa shape index (κ3) is 2.46. The quantitative estimate of drug-likeness (QED) is 0.821. The maximum Gasteiger partial charge on any atom is 0.218 e. The van der Waals surface area contributed by atoms with Crippen LogP contribution in [0.1, 0.15) is 6.92 Å². The van der Waals surface area contributed by atoms with Crippen LogP contribution in [-0.2, 0) is 0 Å². The fourth-order valence-corrected chi connectivity index (χ4v) is 1.17. The van der Waals surface area contributed by atoms with Crippen LogP contribution in [0.3, 0.4) is 0 Å². The van der Waals surface area contributed by atoms with Gasteiger partial charge in [0.25, 0.3) is 0 Å². The Morgan fingerprint density at radius 2 is 2.13 bits per heavy atom. The topological polar surface area (TPSA) is 52.0 Å². The van der Waals surface area contributed by atoms with E-state index in [1.165, 1.54) is 6.33 Å². The summed E-state index contributed by atoms with van der Waals surface area (Å²) in [5.74, 6) is 1.27. The lowest BCUT2D eigenvalue weighted by Crippen LogP contribution is -2.07. The van der Waals surface area contributed by atoms with E-state index >= 15 is 0 Å². The predicted octanol–water partition coefficient (Wildman–Crippen LogP) is 1.55. The Balaban J connectivity index is 2.11. The van der Waals surface area contributed by atoms with Crippen molar-refractivity contribution >= 4 is 5.82 Å². The second-order valence-corrected chi connectivity index (χ2v) is 2.88. The van der Waals surface area contributed by atoms with Gasteiger partial charge in [-0.1, -0.05) is 0 Å². The number of hydrogen-bond acceptors (Lipinski definition) is 4. The van der Waals surface area contributed by atoms with E-state index in [2.05, 4.69) is 15.4 Å². The lowest BCUT2D eigenvalue weighted by Gasteiger charge is -2.07. The summed E-state index contributed by atoms with van der Waals surface area (Å²) in [6.45, 7) is 2.52. The van der Waals surface area contributed by atoms with Gasteiger partial charge in [0.2, 0.25) is 5.88 Å². The van der Waals surface area contributed by atoms with E-state index < -0.39 is 0 Å². The zero-order valence-corrected chi connectivity index (χ0v) is 8.42. The van der Waals surface area contributed by atoms with Gasteiger partial charge < -0.3 is 4.74 Å². The Morgan fingerprint density at radius 3 is 2.87 bits per heavy atom. The first-order chi connectivity index (χ1) is 7.38. The summed E-state index contributed by atoms with van der Waals surface area (Å²) < 4.78 is 7.07. The van der Waals surface area contributed by atoms with E-state index in [9.17, 15) is 0 Å². The smallest absolute Gasteiger partial charge is 0.218 e. The molecule has 0 atom stereocenters. The number of rotatable bonds is 4. The number of ether oxygens (including phenoxy) is 1. The molecule has 0 aliphatic heterocycles. The van der Waals surface area contributed by atoms with Crippen molar-refractivity contribution in [1.29, 1.82) is 0 Å². The highest BCUT2D eigenvalue weighted by molar-refractivity contribution is 5.36. The van der Waals surface area contributed by atoms with Crippen LogP contribution in [-0.4, -0.2) is 21.3 Å². The standard InChI is InChI=1S/C10H12N4O/c1-2-15-10-7-9(11-8-12-10)13-14-5-3-4-6-14/h3-8H,2H2,1H3,(H,11,12,13). The van der Waals surface area contributed by atoms with E-state index in [0.717, 1.165) is 0 Å². The molecule has 0 aromatic carbocycles. The van der Waals surface area contributed by atoms with Gasteiger partial charge >= 0.3 is 0 Å². The Morgan fingerprint density at radius 1 is 1.33 bits per heavy atom. The van der Waals surface area contributed by atoms with Crippen LogP contribution in [0.4, 0.5) is 5.82 Å². The van der Waals surface area contributed by atoms with Gasteiger partial charge in [0.15, 0.2) is 5.82 Å². The average molecular weight is 204 g/mol. The zero-order valence-electron chi connectivity index (χ0n) is 8.42. The molecule has 0 fully saturated rings. The molecule has 2 aromatic heterocycles. The third-order valence-corrected chi connectivity index (χ3v) is 1.78. The molecule has 0 saturated carbocycles. The highest BCUT2D eigenvalue weighted by Crippen LogP contribution is 2.10. The Labute approximate surface area is 87.7 Å². The molecule has 0 spiro atoms. The first-order valence-corrected chi connectivity index (χ1v) is 4.73. The Kier molecular flexibility index (Phi) is 2.82. The molecule has 0 saturated heterocycles. The molecule has 2 aromatic rings. The van der Waals surface area contributed by atoms with E-state index in [0.29, 0.717) is 18.3 Å². The van der Waals surface area contributed by atoms with Gasteiger partial charge in [-0.15, -0.1) is 0 Å². The minimum atomic E-state index is 0.571. The summed E-state index contributed by atoms with van der Waals surface area (Å²) in [6.07, 6.45) is 5.25. The maximum atomic E-state index is 5.27. The molecule has 5 heteroatoms. The Hall–Kier alpha value is -2.04. The van der Waals surface area contributed by atoms with Crippen LogP contribution in [0.2, 0.25) is 0 Å². The molecular formula is C10H12N4O.